The molecule has 8 nitrogen and oxygen atoms in total. The fourth-order valence-corrected chi connectivity index (χ4v) is 6.26. The second-order valence-corrected chi connectivity index (χ2v) is 12.2. The minimum atomic E-state index is -0.833. The van der Waals surface area contributed by atoms with Crippen LogP contribution in [0.3, 0.4) is 0 Å². The molecule has 1 N–H and O–H groups in total. The van der Waals surface area contributed by atoms with E-state index in [-0.39, 0.29) is 18.1 Å². The zero-order valence-corrected chi connectivity index (χ0v) is 25.7. The van der Waals surface area contributed by atoms with Gasteiger partial charge in [0, 0.05) is 23.4 Å². The van der Waals surface area contributed by atoms with E-state index >= 15 is 0 Å². The van der Waals surface area contributed by atoms with Gasteiger partial charge in [0.2, 0.25) is 0 Å². The summed E-state index contributed by atoms with van der Waals surface area (Å²) in [6, 6.07) is 12.0. The van der Waals surface area contributed by atoms with Crippen LogP contribution < -0.4 is 14.9 Å². The summed E-state index contributed by atoms with van der Waals surface area (Å²) in [6.45, 7) is 7.09. The first-order valence-corrected chi connectivity index (χ1v) is 14.9. The number of thiophene rings is 1. The summed E-state index contributed by atoms with van der Waals surface area (Å²) >= 11 is 15.2. The molecule has 0 radical (unpaired) electrons. The molecule has 3 aromatic heterocycles. The SMILES string of the molecule is CC(=O)O.CC1=C(C(=O)OCC(C)C)C(c2cccs2)n2c(sc(=Cc3ccc(-c4cccc(Cl)c4Cl)o3)c2=O)=N1. The Morgan fingerprint density at radius 3 is 2.59 bits per heavy atom. The van der Waals surface area contributed by atoms with Gasteiger partial charge < -0.3 is 14.3 Å². The van der Waals surface area contributed by atoms with Crippen molar-refractivity contribution in [1.29, 1.82) is 0 Å². The van der Waals surface area contributed by atoms with Crippen molar-refractivity contribution in [3.05, 3.63) is 99.5 Å². The van der Waals surface area contributed by atoms with Gasteiger partial charge in [-0.15, -0.1) is 11.3 Å². The van der Waals surface area contributed by atoms with Gasteiger partial charge in [-0.2, -0.15) is 0 Å². The van der Waals surface area contributed by atoms with E-state index < -0.39 is 18.0 Å². The molecule has 0 spiro atoms. The molecule has 0 amide bonds. The van der Waals surface area contributed by atoms with Crippen LogP contribution in [0.5, 0.6) is 0 Å². The Bertz CT molecular complexity index is 1790. The van der Waals surface area contributed by atoms with Crippen LogP contribution in [0.25, 0.3) is 17.4 Å². The van der Waals surface area contributed by atoms with E-state index in [2.05, 4.69) is 4.99 Å². The van der Waals surface area contributed by atoms with E-state index in [0.717, 1.165) is 11.8 Å². The van der Waals surface area contributed by atoms with Crippen LogP contribution in [0.1, 0.15) is 44.4 Å². The number of carboxylic acids is 1. The fourth-order valence-electron chi connectivity index (χ4n) is 4.02. The number of carbonyl (C=O) groups is 2. The molecule has 214 valence electrons. The molecule has 1 aliphatic rings. The Balaban J connectivity index is 0.000000909. The lowest BCUT2D eigenvalue weighted by Crippen LogP contribution is -2.39. The number of carboxylic acid groups (broad SMARTS) is 1. The number of allylic oxidation sites excluding steroid dienone is 1. The summed E-state index contributed by atoms with van der Waals surface area (Å²) in [5.74, 6) is -0.0897. The number of esters is 1. The van der Waals surface area contributed by atoms with Crippen molar-refractivity contribution >= 4 is 63.9 Å². The Morgan fingerprint density at radius 2 is 1.93 bits per heavy atom. The molecule has 0 saturated heterocycles. The number of thiazole rings is 1. The van der Waals surface area contributed by atoms with Crippen LogP contribution >= 0.6 is 45.9 Å². The molecule has 0 aliphatic carbocycles. The smallest absolute Gasteiger partial charge is 0.338 e. The van der Waals surface area contributed by atoms with Crippen molar-refractivity contribution in [3.8, 4) is 11.3 Å². The van der Waals surface area contributed by atoms with Crippen molar-refractivity contribution < 1.29 is 23.8 Å². The summed E-state index contributed by atoms with van der Waals surface area (Å²) in [4.78, 5) is 41.8. The Kier molecular flexibility index (Phi) is 9.70. The Labute approximate surface area is 253 Å². The third kappa shape index (κ3) is 6.90. The molecule has 0 saturated carbocycles. The molecule has 4 aromatic rings. The molecule has 1 aromatic carbocycles. The van der Waals surface area contributed by atoms with Gasteiger partial charge in [0.15, 0.2) is 4.80 Å². The van der Waals surface area contributed by atoms with E-state index in [0.29, 0.717) is 47.7 Å². The molecule has 0 bridgehead atoms. The molecule has 1 unspecified atom stereocenters. The molecule has 1 atom stereocenters. The van der Waals surface area contributed by atoms with Crippen molar-refractivity contribution in [2.75, 3.05) is 6.61 Å². The lowest BCUT2D eigenvalue weighted by atomic mass is 10.0. The molecule has 12 heteroatoms. The Morgan fingerprint density at radius 1 is 1.20 bits per heavy atom. The van der Waals surface area contributed by atoms with Crippen LogP contribution in [-0.2, 0) is 14.3 Å². The first kappa shape index (κ1) is 30.5. The summed E-state index contributed by atoms with van der Waals surface area (Å²) in [5.41, 5.74) is 1.31. The minimum absolute atomic E-state index is 0.186. The summed E-state index contributed by atoms with van der Waals surface area (Å²) in [6.07, 6.45) is 1.67. The van der Waals surface area contributed by atoms with Crippen LogP contribution in [0.4, 0.5) is 0 Å². The number of rotatable bonds is 6. The van der Waals surface area contributed by atoms with Gasteiger partial charge in [-0.1, -0.05) is 60.5 Å². The van der Waals surface area contributed by atoms with Crippen molar-refractivity contribution in [2.45, 2.75) is 33.7 Å². The molecular weight excluding hydrogens is 607 g/mol. The van der Waals surface area contributed by atoms with Crippen molar-refractivity contribution in [3.63, 3.8) is 0 Å². The number of halogens is 2. The normalized spacial score (nSPS) is 14.8. The van der Waals surface area contributed by atoms with Crippen molar-refractivity contribution in [1.82, 2.24) is 4.57 Å². The third-order valence-corrected chi connectivity index (χ3v) is 8.45. The highest BCUT2D eigenvalue weighted by Gasteiger charge is 2.34. The van der Waals surface area contributed by atoms with Gasteiger partial charge in [-0.3, -0.25) is 14.2 Å². The molecule has 0 fully saturated rings. The highest BCUT2D eigenvalue weighted by Crippen LogP contribution is 2.35. The lowest BCUT2D eigenvalue weighted by molar-refractivity contribution is -0.140. The lowest BCUT2D eigenvalue weighted by Gasteiger charge is -2.23. The maximum Gasteiger partial charge on any atom is 0.338 e. The number of hydrogen-bond donors (Lipinski definition) is 1. The number of hydrogen-bond acceptors (Lipinski definition) is 8. The monoisotopic (exact) mass is 632 g/mol. The first-order valence-electron chi connectivity index (χ1n) is 12.4. The van der Waals surface area contributed by atoms with E-state index in [4.69, 9.17) is 42.3 Å². The van der Waals surface area contributed by atoms with Crippen molar-refractivity contribution in [2.24, 2.45) is 10.9 Å². The minimum Gasteiger partial charge on any atom is -0.481 e. The zero-order valence-electron chi connectivity index (χ0n) is 22.5. The zero-order chi connectivity index (χ0) is 29.8. The number of ether oxygens (including phenoxy) is 1. The van der Waals surface area contributed by atoms with Gasteiger partial charge in [0.25, 0.3) is 11.5 Å². The van der Waals surface area contributed by atoms with Crippen LogP contribution in [0.15, 0.2) is 73.3 Å². The average Bonchev–Trinajstić information content (AvgIpc) is 3.65. The third-order valence-electron chi connectivity index (χ3n) is 5.72. The first-order chi connectivity index (χ1) is 19.5. The number of furan rings is 1. The molecule has 4 heterocycles. The average molecular weight is 634 g/mol. The highest BCUT2D eigenvalue weighted by molar-refractivity contribution is 7.10. The molecular formula is C29H26Cl2N2O6S2. The van der Waals surface area contributed by atoms with Gasteiger partial charge in [-0.25, -0.2) is 9.79 Å². The van der Waals surface area contributed by atoms with E-state index in [1.807, 2.05) is 37.4 Å². The van der Waals surface area contributed by atoms with Crippen LogP contribution in [-0.4, -0.2) is 28.2 Å². The highest BCUT2D eigenvalue weighted by atomic mass is 35.5. The summed E-state index contributed by atoms with van der Waals surface area (Å²) in [5, 5.41) is 10.2. The number of aliphatic carboxylic acids is 1. The quantitative estimate of drug-likeness (QED) is 0.255. The van der Waals surface area contributed by atoms with Crippen LogP contribution in [0.2, 0.25) is 10.0 Å². The van der Waals surface area contributed by atoms with Gasteiger partial charge >= 0.3 is 5.97 Å². The number of aromatic nitrogens is 1. The number of benzene rings is 1. The molecule has 1 aliphatic heterocycles. The Hall–Kier alpha value is -3.44. The van der Waals surface area contributed by atoms with Gasteiger partial charge in [0.05, 0.1) is 32.5 Å². The summed E-state index contributed by atoms with van der Waals surface area (Å²) < 4.78 is 13.5. The van der Waals surface area contributed by atoms with Crippen LogP contribution in [0, 0.1) is 5.92 Å². The topological polar surface area (TPSA) is 111 Å². The number of nitrogens with zero attached hydrogens (tertiary/aromatic N) is 2. The van der Waals surface area contributed by atoms with E-state index in [9.17, 15) is 9.59 Å². The number of fused-ring (bicyclic) bond motifs is 1. The fraction of sp³-hybridized carbons (Fsp3) is 0.241. The molecule has 5 rings (SSSR count). The van der Waals surface area contributed by atoms with Gasteiger partial charge in [0.1, 0.15) is 17.6 Å². The standard InChI is InChI=1S/C27H22Cl2N2O4S2.C2H4O2/c1-14(2)13-34-26(33)22-15(3)30-27-31(24(22)20-8-5-11-36-20)25(32)21(37-27)12-16-9-10-19(35-16)17-6-4-7-18(28)23(17)29;1-2(3)4/h4-12,14,24H,13H2,1-3H3;1H3,(H,3,4). The summed E-state index contributed by atoms with van der Waals surface area (Å²) in [7, 11) is 0. The maximum absolute atomic E-state index is 13.7. The second kappa shape index (κ2) is 13.0. The van der Waals surface area contributed by atoms with E-state index in [1.54, 1.807) is 41.8 Å². The van der Waals surface area contributed by atoms with E-state index in [1.165, 1.54) is 22.7 Å². The number of carbonyl (C=O) groups excluding carboxylic acids is 1. The molecule has 41 heavy (non-hydrogen) atoms. The second-order valence-electron chi connectivity index (χ2n) is 9.41. The predicted molar refractivity (Wildman–Crippen MR) is 161 cm³/mol. The van der Waals surface area contributed by atoms with Gasteiger partial charge in [-0.05, 0) is 48.6 Å². The maximum atomic E-state index is 13.7. The largest absolute Gasteiger partial charge is 0.481 e. The predicted octanol–water partition coefficient (Wildman–Crippen LogP) is 6.15.